The molecule has 6 aromatic rings. The van der Waals surface area contributed by atoms with Crippen LogP contribution >= 0.6 is 11.3 Å². The molecular formula is C29H20N6S. The number of hydrogen-bond donors (Lipinski definition) is 0. The third kappa shape index (κ3) is 4.45. The predicted molar refractivity (Wildman–Crippen MR) is 143 cm³/mol. The molecule has 0 atom stereocenters. The smallest absolute Gasteiger partial charge is 0.156 e. The van der Waals surface area contributed by atoms with E-state index >= 15 is 0 Å². The molecule has 1 aromatic carbocycles. The molecule has 0 N–H and O–H groups in total. The molecule has 0 saturated carbocycles. The zero-order valence-electron chi connectivity index (χ0n) is 19.2. The van der Waals surface area contributed by atoms with Gasteiger partial charge in [0, 0.05) is 30.4 Å². The van der Waals surface area contributed by atoms with Gasteiger partial charge in [0.25, 0.3) is 0 Å². The van der Waals surface area contributed by atoms with E-state index in [9.17, 15) is 0 Å². The Morgan fingerprint density at radius 1 is 0.750 bits per heavy atom. The van der Waals surface area contributed by atoms with E-state index in [0.717, 1.165) is 43.7 Å². The molecule has 0 spiro atoms. The van der Waals surface area contributed by atoms with Crippen LogP contribution in [0.3, 0.4) is 0 Å². The highest BCUT2D eigenvalue weighted by Gasteiger charge is 2.20. The summed E-state index contributed by atoms with van der Waals surface area (Å²) in [5.41, 5.74) is 5.70. The van der Waals surface area contributed by atoms with Crippen LogP contribution in [-0.4, -0.2) is 24.3 Å². The minimum Gasteiger partial charge on any atom is -0.333 e. The zero-order valence-corrected chi connectivity index (χ0v) is 20.0. The standard InChI is InChI=1S/C29H20N6S/c1-2-6-22(7-3-1)10-11-25-12-13-27(36-25)29-26(34-17-16-32-20-28(34)33-29)21-35(23-8-4-14-30-18-23)24-9-5-15-31-19-24/h1-9,12-20H,21H2. The molecule has 0 aliphatic carbocycles. The summed E-state index contributed by atoms with van der Waals surface area (Å²) < 4.78 is 2.09. The molecule has 0 fully saturated rings. The number of nitrogens with zero attached hydrogens (tertiary/aromatic N) is 6. The molecule has 0 radical (unpaired) electrons. The molecule has 0 saturated heterocycles. The van der Waals surface area contributed by atoms with Crippen molar-refractivity contribution in [3.63, 3.8) is 0 Å². The quantitative estimate of drug-likeness (QED) is 0.282. The molecule has 0 unspecified atom stereocenters. The first kappa shape index (κ1) is 21.7. The van der Waals surface area contributed by atoms with Crippen molar-refractivity contribution in [2.24, 2.45) is 0 Å². The first-order valence-electron chi connectivity index (χ1n) is 11.4. The highest BCUT2D eigenvalue weighted by atomic mass is 32.1. The normalized spacial score (nSPS) is 10.7. The summed E-state index contributed by atoms with van der Waals surface area (Å²) in [5, 5.41) is 0. The fraction of sp³-hybridized carbons (Fsp3) is 0.0345. The molecule has 172 valence electrons. The van der Waals surface area contributed by atoms with Crippen LogP contribution in [0, 0.1) is 11.8 Å². The monoisotopic (exact) mass is 484 g/mol. The van der Waals surface area contributed by atoms with Crippen molar-refractivity contribution in [1.82, 2.24) is 24.3 Å². The van der Waals surface area contributed by atoms with Crippen molar-refractivity contribution in [2.75, 3.05) is 4.90 Å². The molecule has 6 nitrogen and oxygen atoms in total. The minimum absolute atomic E-state index is 0.570. The Morgan fingerprint density at radius 3 is 2.22 bits per heavy atom. The zero-order chi connectivity index (χ0) is 24.2. The molecule has 7 heteroatoms. The molecular weight excluding hydrogens is 464 g/mol. The fourth-order valence-corrected chi connectivity index (χ4v) is 4.87. The molecule has 0 aliphatic rings. The second kappa shape index (κ2) is 9.82. The van der Waals surface area contributed by atoms with Crippen molar-refractivity contribution < 1.29 is 0 Å². The number of benzene rings is 1. The average molecular weight is 485 g/mol. The summed E-state index contributed by atoms with van der Waals surface area (Å²) in [7, 11) is 0. The lowest BCUT2D eigenvalue weighted by Gasteiger charge is -2.24. The number of pyridine rings is 2. The number of imidazole rings is 1. The summed E-state index contributed by atoms with van der Waals surface area (Å²) >= 11 is 1.64. The van der Waals surface area contributed by atoms with Crippen LogP contribution in [0.4, 0.5) is 11.4 Å². The molecule has 0 bridgehead atoms. The van der Waals surface area contributed by atoms with Crippen molar-refractivity contribution >= 4 is 28.4 Å². The van der Waals surface area contributed by atoms with Gasteiger partial charge in [-0.15, -0.1) is 11.3 Å². The van der Waals surface area contributed by atoms with E-state index in [2.05, 4.69) is 48.2 Å². The van der Waals surface area contributed by atoms with Crippen molar-refractivity contribution in [2.45, 2.75) is 6.54 Å². The van der Waals surface area contributed by atoms with Crippen molar-refractivity contribution in [1.29, 1.82) is 0 Å². The van der Waals surface area contributed by atoms with Crippen LogP contribution in [0.1, 0.15) is 16.1 Å². The first-order chi connectivity index (χ1) is 17.8. The van der Waals surface area contributed by atoms with Crippen LogP contribution in [0.15, 0.2) is 110 Å². The minimum atomic E-state index is 0.570. The molecule has 5 heterocycles. The highest BCUT2D eigenvalue weighted by molar-refractivity contribution is 7.16. The van der Waals surface area contributed by atoms with Gasteiger partial charge in [0.15, 0.2) is 5.65 Å². The largest absolute Gasteiger partial charge is 0.333 e. The van der Waals surface area contributed by atoms with Crippen LogP contribution < -0.4 is 4.90 Å². The molecule has 36 heavy (non-hydrogen) atoms. The van der Waals surface area contributed by atoms with Gasteiger partial charge in [0.05, 0.1) is 52.0 Å². The van der Waals surface area contributed by atoms with E-state index in [1.807, 2.05) is 73.2 Å². The van der Waals surface area contributed by atoms with E-state index in [1.165, 1.54) is 0 Å². The Balaban J connectivity index is 1.43. The van der Waals surface area contributed by atoms with Gasteiger partial charge in [-0.2, -0.15) is 0 Å². The van der Waals surface area contributed by atoms with Crippen LogP contribution in [0.2, 0.25) is 0 Å². The van der Waals surface area contributed by atoms with Gasteiger partial charge < -0.3 is 4.90 Å². The third-order valence-electron chi connectivity index (χ3n) is 5.70. The Bertz CT molecular complexity index is 1630. The van der Waals surface area contributed by atoms with Gasteiger partial charge in [0.1, 0.15) is 5.69 Å². The van der Waals surface area contributed by atoms with Crippen LogP contribution in [0.5, 0.6) is 0 Å². The Kier molecular flexibility index (Phi) is 5.92. The van der Waals surface area contributed by atoms with Gasteiger partial charge in [-0.3, -0.25) is 19.4 Å². The Labute approximate surface area is 212 Å². The number of anilines is 2. The third-order valence-corrected chi connectivity index (χ3v) is 6.70. The molecule has 5 aromatic heterocycles. The van der Waals surface area contributed by atoms with Gasteiger partial charge in [-0.1, -0.05) is 30.0 Å². The highest BCUT2D eigenvalue weighted by Crippen LogP contribution is 2.34. The van der Waals surface area contributed by atoms with Crippen LogP contribution in [0.25, 0.3) is 16.2 Å². The average Bonchev–Trinajstić information content (AvgIpc) is 3.57. The summed E-state index contributed by atoms with van der Waals surface area (Å²) in [6.07, 6.45) is 12.8. The molecule has 0 amide bonds. The Morgan fingerprint density at radius 2 is 1.50 bits per heavy atom. The lowest BCUT2D eigenvalue weighted by Crippen LogP contribution is -2.18. The van der Waals surface area contributed by atoms with Gasteiger partial charge in [0.2, 0.25) is 0 Å². The summed E-state index contributed by atoms with van der Waals surface area (Å²) in [6.45, 7) is 0.570. The second-order valence-corrected chi connectivity index (χ2v) is 9.08. The number of fused-ring (bicyclic) bond motifs is 1. The van der Waals surface area contributed by atoms with Gasteiger partial charge >= 0.3 is 0 Å². The number of hydrogen-bond acceptors (Lipinski definition) is 6. The van der Waals surface area contributed by atoms with Gasteiger partial charge in [-0.25, -0.2) is 4.98 Å². The summed E-state index contributed by atoms with van der Waals surface area (Å²) in [4.78, 5) is 22.2. The summed E-state index contributed by atoms with van der Waals surface area (Å²) in [5.74, 6) is 6.54. The molecule has 6 rings (SSSR count). The number of aromatic nitrogens is 5. The van der Waals surface area contributed by atoms with E-state index in [0.29, 0.717) is 6.54 Å². The van der Waals surface area contributed by atoms with Gasteiger partial charge in [-0.05, 0) is 48.5 Å². The van der Waals surface area contributed by atoms with Crippen molar-refractivity contribution in [3.8, 4) is 22.4 Å². The fourth-order valence-electron chi connectivity index (χ4n) is 4.00. The number of thiophene rings is 1. The van der Waals surface area contributed by atoms with E-state index in [-0.39, 0.29) is 0 Å². The van der Waals surface area contributed by atoms with E-state index in [1.54, 1.807) is 36.1 Å². The molecule has 0 aliphatic heterocycles. The maximum atomic E-state index is 4.96. The van der Waals surface area contributed by atoms with E-state index < -0.39 is 0 Å². The Hall–Kier alpha value is -4.80. The number of rotatable bonds is 5. The van der Waals surface area contributed by atoms with Crippen molar-refractivity contribution in [3.05, 3.63) is 126 Å². The SMILES string of the molecule is C(#Cc1ccc(-c2nc3cnccn3c2CN(c2cccnc2)c2cccnc2)s1)c1ccccc1. The predicted octanol–water partition coefficient (Wildman–Crippen LogP) is 5.99. The maximum absolute atomic E-state index is 4.96. The first-order valence-corrected chi connectivity index (χ1v) is 12.2. The van der Waals surface area contributed by atoms with Crippen LogP contribution in [-0.2, 0) is 6.54 Å². The van der Waals surface area contributed by atoms with E-state index in [4.69, 9.17) is 4.98 Å². The lowest BCUT2D eigenvalue weighted by atomic mass is 10.2. The lowest BCUT2D eigenvalue weighted by molar-refractivity contribution is 0.900. The second-order valence-electron chi connectivity index (χ2n) is 8.00. The summed E-state index contributed by atoms with van der Waals surface area (Å²) in [6, 6.07) is 22.1. The maximum Gasteiger partial charge on any atom is 0.156 e. The topological polar surface area (TPSA) is 59.2 Å².